The van der Waals surface area contributed by atoms with Crippen molar-refractivity contribution in [3.8, 4) is 0 Å². The second-order valence-corrected chi connectivity index (χ2v) is 5.70. The van der Waals surface area contributed by atoms with Gasteiger partial charge in [-0.3, -0.25) is 4.79 Å². The second kappa shape index (κ2) is 6.07. The van der Waals surface area contributed by atoms with Gasteiger partial charge >= 0.3 is 0 Å². The van der Waals surface area contributed by atoms with Gasteiger partial charge in [-0.2, -0.15) is 0 Å². The van der Waals surface area contributed by atoms with E-state index < -0.39 is 0 Å². The number of halogens is 1. The molecule has 0 aromatic carbocycles. The number of hydrogen-bond acceptors (Lipinski definition) is 2. The van der Waals surface area contributed by atoms with E-state index >= 15 is 0 Å². The van der Waals surface area contributed by atoms with Crippen molar-refractivity contribution < 1.29 is 4.79 Å². The molecule has 18 heavy (non-hydrogen) atoms. The number of carbonyl (C=O) groups is 1. The lowest BCUT2D eigenvalue weighted by Gasteiger charge is -2.17. The van der Waals surface area contributed by atoms with E-state index in [9.17, 15) is 4.79 Å². The second-order valence-electron chi connectivity index (χ2n) is 5.70. The van der Waals surface area contributed by atoms with Crippen molar-refractivity contribution >= 4 is 18.3 Å². The molecule has 102 valence electrons. The molecule has 0 aromatic heterocycles. The van der Waals surface area contributed by atoms with Gasteiger partial charge in [0.15, 0.2) is 0 Å². The molecule has 0 unspecified atom stereocenters. The van der Waals surface area contributed by atoms with Crippen LogP contribution in [-0.4, -0.2) is 25.0 Å². The van der Waals surface area contributed by atoms with Gasteiger partial charge in [0.05, 0.1) is 5.92 Å². The Hall–Kier alpha value is -0.540. The van der Waals surface area contributed by atoms with Gasteiger partial charge in [0.2, 0.25) is 5.91 Å². The Balaban J connectivity index is 0.00000120. The van der Waals surface area contributed by atoms with Crippen molar-refractivity contribution in [2.24, 2.45) is 11.8 Å². The maximum absolute atomic E-state index is 12.2. The third-order valence-corrected chi connectivity index (χ3v) is 4.61. The van der Waals surface area contributed by atoms with E-state index in [-0.39, 0.29) is 24.2 Å². The van der Waals surface area contributed by atoms with E-state index in [1.54, 1.807) is 0 Å². The number of nitrogens with one attached hydrogen (secondary N) is 2. The van der Waals surface area contributed by atoms with Crippen molar-refractivity contribution in [2.75, 3.05) is 13.1 Å². The first-order valence-electron chi connectivity index (χ1n) is 7.03. The fourth-order valence-corrected chi connectivity index (χ4v) is 3.62. The van der Waals surface area contributed by atoms with Crippen molar-refractivity contribution in [2.45, 2.75) is 44.6 Å². The summed E-state index contributed by atoms with van der Waals surface area (Å²) in [4.78, 5) is 12.2. The molecule has 1 saturated carbocycles. The normalized spacial score (nSPS) is 33.8. The molecule has 2 fully saturated rings. The van der Waals surface area contributed by atoms with E-state index in [1.165, 1.54) is 44.1 Å². The molecule has 3 aliphatic rings. The van der Waals surface area contributed by atoms with E-state index in [0.29, 0.717) is 12.0 Å². The van der Waals surface area contributed by atoms with Crippen LogP contribution in [0.1, 0.15) is 38.5 Å². The largest absolute Gasteiger partial charge is 0.352 e. The fraction of sp³-hybridized carbons (Fsp3) is 0.786. The van der Waals surface area contributed by atoms with Crippen LogP contribution in [0.25, 0.3) is 0 Å². The van der Waals surface area contributed by atoms with E-state index in [0.717, 1.165) is 13.1 Å². The Labute approximate surface area is 115 Å². The minimum atomic E-state index is 0. The monoisotopic (exact) mass is 270 g/mol. The van der Waals surface area contributed by atoms with Crippen molar-refractivity contribution in [1.82, 2.24) is 10.6 Å². The number of allylic oxidation sites excluding steroid dienone is 1. The molecule has 3 rings (SSSR count). The standard InChI is InChI=1S/C14H22N2O.ClH/c17-14(13-11-6-7-12(13)15-9-11)16-8-10-4-2-1-3-5-10;/h4,11-13,15H,1-3,5-9H2,(H,16,17);1H/t11-,12-,13+;/m0./s1. The third kappa shape index (κ3) is 2.72. The van der Waals surface area contributed by atoms with Crippen LogP contribution in [-0.2, 0) is 4.79 Å². The molecule has 3 atom stereocenters. The lowest BCUT2D eigenvalue weighted by atomic mass is 9.96. The van der Waals surface area contributed by atoms with Crippen molar-refractivity contribution in [3.63, 3.8) is 0 Å². The third-order valence-electron chi connectivity index (χ3n) is 4.61. The van der Waals surface area contributed by atoms with Crippen LogP contribution in [0.15, 0.2) is 11.6 Å². The molecule has 4 heteroatoms. The van der Waals surface area contributed by atoms with Crippen molar-refractivity contribution in [3.05, 3.63) is 11.6 Å². The molecule has 0 radical (unpaired) electrons. The number of hydrogen-bond donors (Lipinski definition) is 2. The van der Waals surface area contributed by atoms with Crippen LogP contribution in [0.3, 0.4) is 0 Å². The van der Waals surface area contributed by atoms with E-state index in [4.69, 9.17) is 0 Å². The molecule has 2 N–H and O–H groups in total. The lowest BCUT2D eigenvalue weighted by molar-refractivity contribution is -0.125. The highest BCUT2D eigenvalue weighted by Crippen LogP contribution is 2.36. The molecule has 1 amide bonds. The zero-order chi connectivity index (χ0) is 11.7. The molecule has 0 aromatic rings. The van der Waals surface area contributed by atoms with Crippen LogP contribution >= 0.6 is 12.4 Å². The number of amides is 1. The number of carbonyl (C=O) groups excluding carboxylic acids is 1. The Bertz CT molecular complexity index is 323. The van der Waals surface area contributed by atoms with Crippen LogP contribution in [0.5, 0.6) is 0 Å². The van der Waals surface area contributed by atoms with Gasteiger partial charge in [0.25, 0.3) is 0 Å². The van der Waals surface area contributed by atoms with Gasteiger partial charge in [-0.25, -0.2) is 0 Å². The summed E-state index contributed by atoms with van der Waals surface area (Å²) in [5.41, 5.74) is 1.43. The summed E-state index contributed by atoms with van der Waals surface area (Å²) in [6.07, 6.45) is 9.71. The van der Waals surface area contributed by atoms with Gasteiger partial charge in [-0.05, 0) is 51.0 Å². The van der Waals surface area contributed by atoms with E-state index in [2.05, 4.69) is 16.7 Å². The summed E-state index contributed by atoms with van der Waals surface area (Å²) in [7, 11) is 0. The Morgan fingerprint density at radius 2 is 2.28 bits per heavy atom. The van der Waals surface area contributed by atoms with Crippen LogP contribution in [0, 0.1) is 11.8 Å². The lowest BCUT2D eigenvalue weighted by Crippen LogP contribution is -2.37. The first-order chi connectivity index (χ1) is 8.34. The summed E-state index contributed by atoms with van der Waals surface area (Å²) < 4.78 is 0. The number of rotatable bonds is 3. The summed E-state index contributed by atoms with van der Waals surface area (Å²) in [5.74, 6) is 1.13. The Kier molecular flexibility index (Phi) is 4.68. The van der Waals surface area contributed by atoms with Crippen molar-refractivity contribution in [1.29, 1.82) is 0 Å². The quantitative estimate of drug-likeness (QED) is 0.771. The Morgan fingerprint density at radius 3 is 2.83 bits per heavy atom. The molecular formula is C14H23ClN2O. The van der Waals surface area contributed by atoms with Gasteiger partial charge in [-0.15, -0.1) is 12.4 Å². The maximum atomic E-state index is 12.2. The highest BCUT2D eigenvalue weighted by Gasteiger charge is 2.45. The van der Waals surface area contributed by atoms with Crippen LogP contribution < -0.4 is 10.6 Å². The molecular weight excluding hydrogens is 248 g/mol. The van der Waals surface area contributed by atoms with E-state index in [1.807, 2.05) is 0 Å². The minimum Gasteiger partial charge on any atom is -0.352 e. The van der Waals surface area contributed by atoms with Gasteiger partial charge in [-0.1, -0.05) is 11.6 Å². The van der Waals surface area contributed by atoms with Crippen LogP contribution in [0.4, 0.5) is 0 Å². The molecule has 2 aliphatic carbocycles. The topological polar surface area (TPSA) is 41.1 Å². The molecule has 3 nitrogen and oxygen atoms in total. The molecule has 1 saturated heterocycles. The molecule has 1 heterocycles. The number of fused-ring (bicyclic) bond motifs is 2. The smallest absolute Gasteiger partial charge is 0.225 e. The molecule has 1 aliphatic heterocycles. The summed E-state index contributed by atoms with van der Waals surface area (Å²) in [6.45, 7) is 1.83. The maximum Gasteiger partial charge on any atom is 0.225 e. The first-order valence-corrected chi connectivity index (χ1v) is 7.03. The average Bonchev–Trinajstić information content (AvgIpc) is 2.97. The van der Waals surface area contributed by atoms with Crippen LogP contribution in [0.2, 0.25) is 0 Å². The predicted molar refractivity (Wildman–Crippen MR) is 74.8 cm³/mol. The minimum absolute atomic E-state index is 0. The summed E-state index contributed by atoms with van der Waals surface area (Å²) in [5, 5.41) is 6.60. The van der Waals surface area contributed by atoms with Gasteiger partial charge < -0.3 is 10.6 Å². The highest BCUT2D eigenvalue weighted by atomic mass is 35.5. The summed E-state index contributed by atoms with van der Waals surface area (Å²) in [6, 6.07) is 0.459. The first kappa shape index (κ1) is 13.9. The summed E-state index contributed by atoms with van der Waals surface area (Å²) >= 11 is 0. The zero-order valence-electron chi connectivity index (χ0n) is 10.8. The molecule has 0 spiro atoms. The number of piperidine rings is 1. The molecule has 2 bridgehead atoms. The zero-order valence-corrected chi connectivity index (χ0v) is 11.6. The SMILES string of the molecule is Cl.O=C(NCC1=CCCCC1)[C@@H]1[C@H]2CC[C@@H]1NC2. The van der Waals surface area contributed by atoms with Gasteiger partial charge in [0.1, 0.15) is 0 Å². The van der Waals surface area contributed by atoms with Gasteiger partial charge in [0, 0.05) is 12.6 Å². The Morgan fingerprint density at radius 1 is 1.39 bits per heavy atom. The highest BCUT2D eigenvalue weighted by molar-refractivity contribution is 5.85. The fourth-order valence-electron chi connectivity index (χ4n) is 3.62. The predicted octanol–water partition coefficient (Wildman–Crippen LogP) is 2.02. The average molecular weight is 271 g/mol.